The van der Waals surface area contributed by atoms with Crippen LogP contribution in [0.3, 0.4) is 0 Å². The van der Waals surface area contributed by atoms with E-state index in [1.165, 1.54) is 12.1 Å². The van der Waals surface area contributed by atoms with E-state index in [0.717, 1.165) is 18.4 Å². The summed E-state index contributed by atoms with van der Waals surface area (Å²) in [5.41, 5.74) is 0.798. The number of alkyl halides is 3. The van der Waals surface area contributed by atoms with Crippen molar-refractivity contribution in [2.24, 2.45) is 0 Å². The molecular weight excluding hydrogens is 403 g/mol. The molecule has 1 unspecified atom stereocenters. The molecule has 158 valence electrons. The zero-order valence-electron chi connectivity index (χ0n) is 16.0. The topological polar surface area (TPSA) is 29.5 Å². The van der Waals surface area contributed by atoms with Gasteiger partial charge >= 0.3 is 6.18 Å². The number of aryl methyl sites for hydroxylation is 1. The van der Waals surface area contributed by atoms with Crippen molar-refractivity contribution >= 4 is 0 Å². The third-order valence-electron chi connectivity index (χ3n) is 4.80. The molecular formula is C23H19F5O2. The molecule has 0 saturated carbocycles. The number of halogens is 5. The van der Waals surface area contributed by atoms with E-state index in [2.05, 4.69) is 11.8 Å². The fraction of sp³-hybridized carbons (Fsp3) is 0.217. The molecule has 0 aliphatic heterocycles. The second kappa shape index (κ2) is 8.93. The van der Waals surface area contributed by atoms with Gasteiger partial charge in [-0.05, 0) is 46.4 Å². The molecule has 1 N–H and O–H groups in total. The Morgan fingerprint density at radius 3 is 1.77 bits per heavy atom. The van der Waals surface area contributed by atoms with Crippen LogP contribution in [0.5, 0.6) is 0 Å². The Labute approximate surface area is 170 Å². The molecule has 0 spiro atoms. The summed E-state index contributed by atoms with van der Waals surface area (Å²) in [4.78, 5) is 4.61. The van der Waals surface area contributed by atoms with Crippen LogP contribution in [0.1, 0.15) is 41.7 Å². The number of benzene rings is 3. The fourth-order valence-corrected chi connectivity index (χ4v) is 3.32. The zero-order chi connectivity index (χ0) is 21.9. The van der Waals surface area contributed by atoms with Crippen LogP contribution in [0.25, 0.3) is 11.1 Å². The second-order valence-electron chi connectivity index (χ2n) is 6.91. The highest BCUT2D eigenvalue weighted by Crippen LogP contribution is 2.36. The van der Waals surface area contributed by atoms with Crippen LogP contribution in [0.2, 0.25) is 0 Å². The van der Waals surface area contributed by atoms with Crippen molar-refractivity contribution in [2.75, 3.05) is 0 Å². The molecule has 3 rings (SSSR count). The minimum absolute atomic E-state index is 0.0325. The van der Waals surface area contributed by atoms with E-state index in [1.54, 1.807) is 12.1 Å². The molecule has 0 radical (unpaired) electrons. The van der Waals surface area contributed by atoms with Gasteiger partial charge in [0.05, 0.1) is 0 Å². The van der Waals surface area contributed by atoms with Gasteiger partial charge in [0.1, 0.15) is 23.3 Å². The molecule has 0 aliphatic rings. The maximum absolute atomic E-state index is 13.9. The van der Waals surface area contributed by atoms with Gasteiger partial charge in [-0.2, -0.15) is 13.2 Å². The SMILES string of the molecule is CCCc1ccc(C(OO)c2ccc(-c3cc(F)c(C(F)(F)F)c(F)c3)cc2)cc1. The van der Waals surface area contributed by atoms with Crippen molar-refractivity contribution in [3.63, 3.8) is 0 Å². The van der Waals surface area contributed by atoms with Gasteiger partial charge in [-0.1, -0.05) is 61.9 Å². The van der Waals surface area contributed by atoms with Crippen molar-refractivity contribution in [3.8, 4) is 11.1 Å². The van der Waals surface area contributed by atoms with Gasteiger partial charge in [0.15, 0.2) is 0 Å². The van der Waals surface area contributed by atoms with E-state index in [9.17, 15) is 27.2 Å². The monoisotopic (exact) mass is 422 g/mol. The third kappa shape index (κ3) is 4.68. The first-order valence-corrected chi connectivity index (χ1v) is 9.30. The summed E-state index contributed by atoms with van der Waals surface area (Å²) in [6, 6.07) is 15.0. The van der Waals surface area contributed by atoms with Crippen LogP contribution in [-0.4, -0.2) is 5.26 Å². The molecule has 0 aromatic heterocycles. The summed E-state index contributed by atoms with van der Waals surface area (Å²) in [6.45, 7) is 2.07. The largest absolute Gasteiger partial charge is 0.422 e. The average molecular weight is 422 g/mol. The molecule has 1 atom stereocenters. The number of rotatable bonds is 6. The fourth-order valence-electron chi connectivity index (χ4n) is 3.32. The van der Waals surface area contributed by atoms with Gasteiger partial charge < -0.3 is 0 Å². The van der Waals surface area contributed by atoms with E-state index in [4.69, 9.17) is 0 Å². The standard InChI is InChI=1S/C23H19F5O2/c1-2-3-14-4-6-16(7-5-14)22(30-29)17-10-8-15(9-11-17)18-12-19(24)21(20(25)13-18)23(26,27)28/h4-13,22,29H,2-3H2,1H3. The molecule has 2 nitrogen and oxygen atoms in total. The molecule has 0 aliphatic carbocycles. The zero-order valence-corrected chi connectivity index (χ0v) is 16.0. The highest BCUT2D eigenvalue weighted by atomic mass is 19.4. The molecule has 3 aromatic rings. The van der Waals surface area contributed by atoms with Crippen molar-refractivity contribution in [2.45, 2.75) is 32.0 Å². The van der Waals surface area contributed by atoms with Crippen LogP contribution < -0.4 is 0 Å². The Bertz CT molecular complexity index is 973. The summed E-state index contributed by atoms with van der Waals surface area (Å²) in [5, 5.41) is 9.37. The predicted molar refractivity (Wildman–Crippen MR) is 103 cm³/mol. The second-order valence-corrected chi connectivity index (χ2v) is 6.91. The summed E-state index contributed by atoms with van der Waals surface area (Å²) in [5.74, 6) is -3.35. The van der Waals surface area contributed by atoms with Gasteiger partial charge in [0, 0.05) is 0 Å². The first-order chi connectivity index (χ1) is 14.2. The molecule has 7 heteroatoms. The van der Waals surface area contributed by atoms with Crippen molar-refractivity contribution in [1.82, 2.24) is 0 Å². The lowest BCUT2D eigenvalue weighted by Gasteiger charge is -2.16. The molecule has 0 amide bonds. The van der Waals surface area contributed by atoms with Crippen LogP contribution in [0.4, 0.5) is 22.0 Å². The molecule has 0 heterocycles. The van der Waals surface area contributed by atoms with Gasteiger partial charge in [-0.15, -0.1) is 0 Å². The lowest BCUT2D eigenvalue weighted by Crippen LogP contribution is -2.11. The average Bonchev–Trinajstić information content (AvgIpc) is 2.69. The van der Waals surface area contributed by atoms with Gasteiger partial charge in [0.25, 0.3) is 0 Å². The first kappa shape index (κ1) is 21.9. The van der Waals surface area contributed by atoms with Crippen molar-refractivity contribution in [1.29, 1.82) is 0 Å². The third-order valence-corrected chi connectivity index (χ3v) is 4.80. The van der Waals surface area contributed by atoms with Crippen LogP contribution >= 0.6 is 0 Å². The van der Waals surface area contributed by atoms with E-state index >= 15 is 0 Å². The van der Waals surface area contributed by atoms with Gasteiger partial charge in [-0.25, -0.2) is 13.7 Å². The minimum atomic E-state index is -5.12. The summed E-state index contributed by atoms with van der Waals surface area (Å²) < 4.78 is 65.9. The highest BCUT2D eigenvalue weighted by molar-refractivity contribution is 5.64. The first-order valence-electron chi connectivity index (χ1n) is 9.30. The van der Waals surface area contributed by atoms with Crippen molar-refractivity contribution < 1.29 is 32.1 Å². The number of hydrogen-bond donors (Lipinski definition) is 1. The lowest BCUT2D eigenvalue weighted by atomic mass is 9.96. The quantitative estimate of drug-likeness (QED) is 0.259. The van der Waals surface area contributed by atoms with E-state index in [-0.39, 0.29) is 5.56 Å². The lowest BCUT2D eigenvalue weighted by molar-refractivity contribution is -0.270. The molecule has 30 heavy (non-hydrogen) atoms. The summed E-state index contributed by atoms with van der Waals surface area (Å²) in [7, 11) is 0. The smallest absolute Gasteiger partial charge is 0.251 e. The highest BCUT2D eigenvalue weighted by Gasteiger charge is 2.38. The molecule has 3 aromatic carbocycles. The Hall–Kier alpha value is -2.77. The van der Waals surface area contributed by atoms with Crippen LogP contribution in [0.15, 0.2) is 60.7 Å². The van der Waals surface area contributed by atoms with E-state index in [0.29, 0.717) is 28.8 Å². The van der Waals surface area contributed by atoms with Gasteiger partial charge in [0.2, 0.25) is 0 Å². The normalized spacial score (nSPS) is 12.8. The van der Waals surface area contributed by atoms with Gasteiger partial charge in [-0.3, -0.25) is 5.26 Å². The maximum Gasteiger partial charge on any atom is 0.422 e. The predicted octanol–water partition coefficient (Wildman–Crippen LogP) is 7.18. The molecule has 0 bridgehead atoms. The van der Waals surface area contributed by atoms with E-state index < -0.39 is 29.5 Å². The Balaban J connectivity index is 1.88. The van der Waals surface area contributed by atoms with Crippen LogP contribution in [-0.2, 0) is 17.5 Å². The van der Waals surface area contributed by atoms with E-state index in [1.807, 2.05) is 24.3 Å². The molecule has 0 fully saturated rings. The molecule has 0 saturated heterocycles. The summed E-state index contributed by atoms with van der Waals surface area (Å²) >= 11 is 0. The Morgan fingerprint density at radius 1 is 0.833 bits per heavy atom. The number of hydrogen-bond acceptors (Lipinski definition) is 2. The maximum atomic E-state index is 13.9. The Morgan fingerprint density at radius 2 is 1.33 bits per heavy atom. The minimum Gasteiger partial charge on any atom is -0.251 e. The van der Waals surface area contributed by atoms with Crippen LogP contribution in [0, 0.1) is 11.6 Å². The van der Waals surface area contributed by atoms with Crippen molar-refractivity contribution in [3.05, 3.63) is 94.6 Å². The summed E-state index contributed by atoms with van der Waals surface area (Å²) in [6.07, 6.45) is -3.96. The Kier molecular flexibility index (Phi) is 6.53.